The van der Waals surface area contributed by atoms with E-state index in [0.29, 0.717) is 23.2 Å². The molecule has 1 atom stereocenters. The molecule has 1 aliphatic rings. The van der Waals surface area contributed by atoms with Crippen molar-refractivity contribution in [3.63, 3.8) is 0 Å². The quantitative estimate of drug-likeness (QED) is 0.439. The predicted molar refractivity (Wildman–Crippen MR) is 126 cm³/mol. The smallest absolute Gasteiger partial charge is 0.229 e. The van der Waals surface area contributed by atoms with Gasteiger partial charge in [-0.05, 0) is 26.0 Å². The minimum Gasteiger partial charge on any atom is -0.352 e. The average Bonchev–Trinajstić information content (AvgIpc) is 3.42. The Morgan fingerprint density at radius 1 is 1.09 bits per heavy atom. The van der Waals surface area contributed by atoms with E-state index in [1.807, 2.05) is 38.2 Å². The van der Waals surface area contributed by atoms with E-state index in [0.717, 1.165) is 39.9 Å². The fourth-order valence-electron chi connectivity index (χ4n) is 4.11. The summed E-state index contributed by atoms with van der Waals surface area (Å²) in [7, 11) is 2.03. The molecular weight excluding hydrogens is 438 g/mol. The molecular formula is C24H26ClN7O. The summed E-state index contributed by atoms with van der Waals surface area (Å²) in [4.78, 5) is 9.86. The van der Waals surface area contributed by atoms with E-state index < -0.39 is 0 Å². The maximum absolute atomic E-state index is 6.18. The van der Waals surface area contributed by atoms with Gasteiger partial charge in [-0.25, -0.2) is 0 Å². The van der Waals surface area contributed by atoms with Crippen molar-refractivity contribution in [2.45, 2.75) is 52.5 Å². The molecule has 0 aliphatic carbocycles. The molecule has 4 heterocycles. The summed E-state index contributed by atoms with van der Waals surface area (Å²) in [6.45, 7) is 10.2. The van der Waals surface area contributed by atoms with Crippen molar-refractivity contribution in [2.24, 2.45) is 12.0 Å². The first-order valence-corrected chi connectivity index (χ1v) is 11.3. The van der Waals surface area contributed by atoms with E-state index >= 15 is 0 Å². The van der Waals surface area contributed by atoms with E-state index in [9.17, 15) is 0 Å². The van der Waals surface area contributed by atoms with Crippen LogP contribution in [-0.2, 0) is 18.9 Å². The van der Waals surface area contributed by atoms with Crippen molar-refractivity contribution in [2.75, 3.05) is 0 Å². The fraction of sp³-hybridized carbons (Fsp3) is 0.375. The summed E-state index contributed by atoms with van der Waals surface area (Å²) in [5.41, 5.74) is 4.82. The zero-order chi connectivity index (χ0) is 23.5. The first-order chi connectivity index (χ1) is 15.6. The Kier molecular flexibility index (Phi) is 5.01. The van der Waals surface area contributed by atoms with Crippen LogP contribution in [0.5, 0.6) is 0 Å². The minimum absolute atomic E-state index is 0.201. The highest BCUT2D eigenvalue weighted by atomic mass is 35.5. The SMILES string of the molecule is Cc1c2c(cn1C)-n1c(C)nnc1C(Cc1nc(C(C)(C)C)no1)N=C2c1ccc(Cl)cc1. The normalized spacial score (nSPS) is 15.7. The zero-order valence-corrected chi connectivity index (χ0v) is 20.3. The molecule has 0 spiro atoms. The van der Waals surface area contributed by atoms with Crippen molar-refractivity contribution in [3.8, 4) is 5.69 Å². The van der Waals surface area contributed by atoms with Gasteiger partial charge in [0.2, 0.25) is 5.89 Å². The van der Waals surface area contributed by atoms with Gasteiger partial charge in [0, 0.05) is 40.5 Å². The van der Waals surface area contributed by atoms with Crippen LogP contribution in [0, 0.1) is 13.8 Å². The monoisotopic (exact) mass is 463 g/mol. The lowest BCUT2D eigenvalue weighted by molar-refractivity contribution is 0.355. The molecule has 0 bridgehead atoms. The molecule has 33 heavy (non-hydrogen) atoms. The van der Waals surface area contributed by atoms with Crippen LogP contribution in [0.1, 0.15) is 67.0 Å². The molecule has 8 nitrogen and oxygen atoms in total. The number of hydrogen-bond donors (Lipinski definition) is 0. The fourth-order valence-corrected chi connectivity index (χ4v) is 4.24. The lowest BCUT2D eigenvalue weighted by Gasteiger charge is -2.12. The largest absolute Gasteiger partial charge is 0.352 e. The molecule has 9 heteroatoms. The molecule has 0 radical (unpaired) electrons. The lowest BCUT2D eigenvalue weighted by atomic mass is 9.96. The van der Waals surface area contributed by atoms with Gasteiger partial charge in [0.25, 0.3) is 0 Å². The Balaban J connectivity index is 1.70. The van der Waals surface area contributed by atoms with Crippen molar-refractivity contribution >= 4 is 17.3 Å². The van der Waals surface area contributed by atoms with Crippen LogP contribution in [0.2, 0.25) is 5.02 Å². The summed E-state index contributed by atoms with van der Waals surface area (Å²) in [6, 6.07) is 7.42. The van der Waals surface area contributed by atoms with Crippen LogP contribution in [0.25, 0.3) is 5.69 Å². The number of aliphatic imine (C=N–C) groups is 1. The van der Waals surface area contributed by atoms with E-state index in [1.54, 1.807) is 0 Å². The molecule has 1 aromatic carbocycles. The first kappa shape index (κ1) is 21.6. The lowest BCUT2D eigenvalue weighted by Crippen LogP contribution is -2.14. The van der Waals surface area contributed by atoms with E-state index in [1.165, 1.54) is 0 Å². The van der Waals surface area contributed by atoms with Gasteiger partial charge in [-0.15, -0.1) is 10.2 Å². The van der Waals surface area contributed by atoms with Gasteiger partial charge in [0.15, 0.2) is 11.6 Å². The van der Waals surface area contributed by atoms with Crippen molar-refractivity contribution in [1.29, 1.82) is 0 Å². The summed E-state index contributed by atoms with van der Waals surface area (Å²) < 4.78 is 9.79. The third-order valence-electron chi connectivity index (χ3n) is 6.00. The molecule has 0 saturated carbocycles. The molecule has 0 N–H and O–H groups in total. The Labute approximate surface area is 197 Å². The summed E-state index contributed by atoms with van der Waals surface area (Å²) in [5.74, 6) is 2.75. The van der Waals surface area contributed by atoms with Crippen LogP contribution in [0.4, 0.5) is 0 Å². The second kappa shape index (κ2) is 7.66. The minimum atomic E-state index is -0.345. The number of aromatic nitrogens is 6. The number of rotatable bonds is 3. The van der Waals surface area contributed by atoms with Gasteiger partial charge < -0.3 is 9.09 Å². The maximum Gasteiger partial charge on any atom is 0.229 e. The summed E-state index contributed by atoms with van der Waals surface area (Å²) in [6.07, 6.45) is 2.52. The molecule has 0 fully saturated rings. The van der Waals surface area contributed by atoms with Crippen molar-refractivity contribution in [3.05, 3.63) is 75.7 Å². The number of benzene rings is 1. The summed E-state index contributed by atoms with van der Waals surface area (Å²) in [5, 5.41) is 13.8. The number of aryl methyl sites for hydroxylation is 2. The van der Waals surface area contributed by atoms with Crippen LogP contribution < -0.4 is 0 Å². The highest BCUT2D eigenvalue weighted by Gasteiger charge is 2.32. The number of nitrogens with zero attached hydrogens (tertiary/aromatic N) is 7. The highest BCUT2D eigenvalue weighted by Crippen LogP contribution is 2.35. The number of halogens is 1. The standard InChI is InChI=1S/C24H26ClN7O/c1-13-20-18(12-31(13)6)32-14(2)28-29-22(32)17(11-19-27-23(30-33-19)24(3,4)5)26-21(20)15-7-9-16(25)10-8-15/h7-10,12,17H,11H2,1-6H3. The molecule has 170 valence electrons. The Bertz CT molecular complexity index is 1370. The zero-order valence-electron chi connectivity index (χ0n) is 19.6. The van der Waals surface area contributed by atoms with Gasteiger partial charge in [0.1, 0.15) is 11.9 Å². The van der Waals surface area contributed by atoms with Crippen LogP contribution in [0.15, 0.2) is 40.0 Å². The first-order valence-electron chi connectivity index (χ1n) is 10.9. The molecule has 3 aromatic heterocycles. The molecule has 4 aromatic rings. The Morgan fingerprint density at radius 3 is 2.48 bits per heavy atom. The van der Waals surface area contributed by atoms with Gasteiger partial charge in [-0.3, -0.25) is 9.56 Å². The van der Waals surface area contributed by atoms with Gasteiger partial charge in [-0.1, -0.05) is 49.7 Å². The van der Waals surface area contributed by atoms with Crippen LogP contribution in [-0.4, -0.2) is 35.2 Å². The van der Waals surface area contributed by atoms with Crippen molar-refractivity contribution in [1.82, 2.24) is 29.5 Å². The second-order valence-corrected chi connectivity index (χ2v) is 9.93. The predicted octanol–water partition coefficient (Wildman–Crippen LogP) is 4.69. The second-order valence-electron chi connectivity index (χ2n) is 9.49. The molecule has 0 amide bonds. The van der Waals surface area contributed by atoms with Gasteiger partial charge in [0.05, 0.1) is 17.8 Å². The highest BCUT2D eigenvalue weighted by molar-refractivity contribution is 6.30. The van der Waals surface area contributed by atoms with Gasteiger partial charge >= 0.3 is 0 Å². The molecule has 1 unspecified atom stereocenters. The van der Waals surface area contributed by atoms with Gasteiger partial charge in [-0.2, -0.15) is 4.98 Å². The van der Waals surface area contributed by atoms with E-state index in [4.69, 9.17) is 21.1 Å². The maximum atomic E-state index is 6.18. The average molecular weight is 464 g/mol. The molecule has 0 saturated heterocycles. The summed E-state index contributed by atoms with van der Waals surface area (Å²) >= 11 is 6.18. The van der Waals surface area contributed by atoms with E-state index in [-0.39, 0.29) is 11.5 Å². The van der Waals surface area contributed by atoms with E-state index in [2.05, 4.69) is 63.4 Å². The Morgan fingerprint density at radius 2 is 1.82 bits per heavy atom. The molecule has 1 aliphatic heterocycles. The van der Waals surface area contributed by atoms with Crippen LogP contribution in [0.3, 0.4) is 0 Å². The number of fused-ring (bicyclic) bond motifs is 3. The number of hydrogen-bond acceptors (Lipinski definition) is 6. The Hall–Kier alpha value is -3.26. The third-order valence-corrected chi connectivity index (χ3v) is 6.25. The van der Waals surface area contributed by atoms with Crippen molar-refractivity contribution < 1.29 is 4.52 Å². The topological polar surface area (TPSA) is 86.9 Å². The van der Waals surface area contributed by atoms with Crippen LogP contribution >= 0.6 is 11.6 Å². The molecule has 5 rings (SSSR count). The third kappa shape index (κ3) is 3.68.